The average Bonchev–Trinajstić information content (AvgIpc) is 2.92. The maximum absolute atomic E-state index is 10.7. The number of aliphatic hydroxyl groups excluding tert-OH is 1. The minimum atomic E-state index is -0.354. The summed E-state index contributed by atoms with van der Waals surface area (Å²) >= 11 is 0. The smallest absolute Gasteiger partial charge is 0.0845 e. The fraction of sp³-hybridized carbons (Fsp3) is 0.400. The standard InChI is InChI=1S/C20H25N3O/c1-21-10-12-22(13-11-21)14-16(24)15-23-19-8-4-2-6-17(19)18-7-3-5-9-20(18)23/h2-9,16,24H,10-15H2,1H3/t16-/m1/s1. The lowest BCUT2D eigenvalue weighted by Crippen LogP contribution is -2.47. The predicted octanol–water partition coefficient (Wildman–Crippen LogP) is 2.40. The van der Waals surface area contributed by atoms with E-state index in [4.69, 9.17) is 0 Å². The van der Waals surface area contributed by atoms with Crippen molar-refractivity contribution in [2.45, 2.75) is 12.6 Å². The van der Waals surface area contributed by atoms with Crippen LogP contribution in [0.25, 0.3) is 21.8 Å². The molecule has 0 saturated carbocycles. The zero-order chi connectivity index (χ0) is 16.5. The van der Waals surface area contributed by atoms with Gasteiger partial charge in [-0.2, -0.15) is 0 Å². The first kappa shape index (κ1) is 15.6. The summed E-state index contributed by atoms with van der Waals surface area (Å²) in [6.45, 7) is 5.64. The lowest BCUT2D eigenvalue weighted by Gasteiger charge is -2.33. The number of para-hydroxylation sites is 2. The predicted molar refractivity (Wildman–Crippen MR) is 99.4 cm³/mol. The van der Waals surface area contributed by atoms with E-state index in [-0.39, 0.29) is 6.10 Å². The quantitative estimate of drug-likeness (QED) is 0.800. The van der Waals surface area contributed by atoms with Gasteiger partial charge in [0.15, 0.2) is 0 Å². The first-order valence-corrected chi connectivity index (χ1v) is 8.77. The molecule has 1 N–H and O–H groups in total. The molecule has 1 fully saturated rings. The Morgan fingerprint density at radius 2 is 1.38 bits per heavy atom. The summed E-state index contributed by atoms with van der Waals surface area (Å²) in [5.74, 6) is 0. The third-order valence-corrected chi connectivity index (χ3v) is 5.14. The Balaban J connectivity index is 1.59. The van der Waals surface area contributed by atoms with Gasteiger partial charge in [0.2, 0.25) is 0 Å². The van der Waals surface area contributed by atoms with Gasteiger partial charge < -0.3 is 14.6 Å². The lowest BCUT2D eigenvalue weighted by molar-refractivity contribution is 0.0723. The molecule has 1 saturated heterocycles. The topological polar surface area (TPSA) is 31.6 Å². The van der Waals surface area contributed by atoms with Gasteiger partial charge in [-0.05, 0) is 19.2 Å². The Hall–Kier alpha value is -1.88. The van der Waals surface area contributed by atoms with Crippen molar-refractivity contribution < 1.29 is 5.11 Å². The van der Waals surface area contributed by atoms with Crippen molar-refractivity contribution in [2.75, 3.05) is 39.8 Å². The second-order valence-corrected chi connectivity index (χ2v) is 6.90. The van der Waals surface area contributed by atoms with Crippen molar-refractivity contribution in [2.24, 2.45) is 0 Å². The van der Waals surface area contributed by atoms with E-state index in [2.05, 4.69) is 69.9 Å². The molecule has 4 nitrogen and oxygen atoms in total. The van der Waals surface area contributed by atoms with E-state index in [1.165, 1.54) is 21.8 Å². The summed E-state index contributed by atoms with van der Waals surface area (Å²) in [6, 6.07) is 17.0. The minimum absolute atomic E-state index is 0.354. The highest BCUT2D eigenvalue weighted by molar-refractivity contribution is 6.07. The zero-order valence-electron chi connectivity index (χ0n) is 14.2. The van der Waals surface area contributed by atoms with Crippen molar-refractivity contribution >= 4 is 21.8 Å². The van der Waals surface area contributed by atoms with E-state index in [0.29, 0.717) is 6.54 Å². The van der Waals surface area contributed by atoms with Gasteiger partial charge in [0, 0.05) is 54.5 Å². The van der Waals surface area contributed by atoms with Crippen molar-refractivity contribution in [3.63, 3.8) is 0 Å². The Kier molecular flexibility index (Phi) is 4.27. The summed E-state index contributed by atoms with van der Waals surface area (Å²) < 4.78 is 2.27. The Morgan fingerprint density at radius 3 is 1.96 bits per heavy atom. The maximum atomic E-state index is 10.7. The van der Waals surface area contributed by atoms with E-state index in [0.717, 1.165) is 32.7 Å². The third-order valence-electron chi connectivity index (χ3n) is 5.14. The zero-order valence-corrected chi connectivity index (χ0v) is 14.2. The molecule has 1 aliphatic heterocycles. The molecule has 0 bridgehead atoms. The number of hydrogen-bond acceptors (Lipinski definition) is 3. The molecule has 0 unspecified atom stereocenters. The molecule has 0 amide bonds. The van der Waals surface area contributed by atoms with Crippen LogP contribution in [-0.2, 0) is 6.54 Å². The van der Waals surface area contributed by atoms with E-state index in [1.54, 1.807) is 0 Å². The molecule has 1 atom stereocenters. The van der Waals surface area contributed by atoms with Crippen molar-refractivity contribution in [3.8, 4) is 0 Å². The first-order valence-electron chi connectivity index (χ1n) is 8.77. The van der Waals surface area contributed by atoms with Gasteiger partial charge in [0.25, 0.3) is 0 Å². The molecule has 0 radical (unpaired) electrons. The van der Waals surface area contributed by atoms with Crippen LogP contribution in [0.4, 0.5) is 0 Å². The van der Waals surface area contributed by atoms with Gasteiger partial charge in [0.1, 0.15) is 0 Å². The molecule has 1 aromatic heterocycles. The van der Waals surface area contributed by atoms with Crippen LogP contribution in [0.1, 0.15) is 0 Å². The highest BCUT2D eigenvalue weighted by Crippen LogP contribution is 2.28. The third kappa shape index (κ3) is 2.93. The maximum Gasteiger partial charge on any atom is 0.0845 e. The molecule has 2 heterocycles. The van der Waals surface area contributed by atoms with Crippen LogP contribution in [0.5, 0.6) is 0 Å². The van der Waals surface area contributed by atoms with Gasteiger partial charge >= 0.3 is 0 Å². The number of nitrogens with zero attached hydrogens (tertiary/aromatic N) is 3. The molecule has 0 spiro atoms. The molecule has 0 aliphatic carbocycles. The summed E-state index contributed by atoms with van der Waals surface area (Å²) in [5.41, 5.74) is 2.41. The van der Waals surface area contributed by atoms with E-state index in [9.17, 15) is 5.11 Å². The van der Waals surface area contributed by atoms with Crippen LogP contribution >= 0.6 is 0 Å². The second kappa shape index (κ2) is 6.55. The van der Waals surface area contributed by atoms with Crippen molar-refractivity contribution in [3.05, 3.63) is 48.5 Å². The van der Waals surface area contributed by atoms with Crippen LogP contribution in [0.15, 0.2) is 48.5 Å². The Labute approximate surface area is 142 Å². The number of aliphatic hydroxyl groups is 1. The summed E-state index contributed by atoms with van der Waals surface area (Å²) in [4.78, 5) is 4.72. The van der Waals surface area contributed by atoms with E-state index >= 15 is 0 Å². The summed E-state index contributed by atoms with van der Waals surface area (Å²) in [5, 5.41) is 13.2. The van der Waals surface area contributed by atoms with Gasteiger partial charge in [0.05, 0.1) is 12.6 Å². The molecule has 126 valence electrons. The number of benzene rings is 2. The van der Waals surface area contributed by atoms with Crippen LogP contribution in [0.2, 0.25) is 0 Å². The number of piperazine rings is 1. The molecule has 1 aliphatic rings. The molecule has 24 heavy (non-hydrogen) atoms. The minimum Gasteiger partial charge on any atom is -0.390 e. The monoisotopic (exact) mass is 323 g/mol. The largest absolute Gasteiger partial charge is 0.390 e. The normalized spacial score (nSPS) is 18.4. The number of rotatable bonds is 4. The number of aromatic nitrogens is 1. The number of likely N-dealkylation sites (N-methyl/N-ethyl adjacent to an activating group) is 1. The number of fused-ring (bicyclic) bond motifs is 3. The molecule has 4 rings (SSSR count). The SMILES string of the molecule is CN1CCN(C[C@@H](O)Cn2c3ccccc3c3ccccc32)CC1. The lowest BCUT2D eigenvalue weighted by atomic mass is 10.2. The second-order valence-electron chi connectivity index (χ2n) is 6.90. The van der Waals surface area contributed by atoms with E-state index in [1.807, 2.05) is 0 Å². The fourth-order valence-electron chi connectivity index (χ4n) is 3.80. The molecule has 4 heteroatoms. The molecular weight excluding hydrogens is 298 g/mol. The van der Waals surface area contributed by atoms with Gasteiger partial charge in [-0.25, -0.2) is 0 Å². The molecule has 3 aromatic rings. The van der Waals surface area contributed by atoms with Crippen LogP contribution in [-0.4, -0.2) is 65.3 Å². The number of β-amino-alcohol motifs (C(OH)–C–C–N with tert-alkyl or cyclic N) is 1. The van der Waals surface area contributed by atoms with Gasteiger partial charge in [-0.3, -0.25) is 4.90 Å². The van der Waals surface area contributed by atoms with Gasteiger partial charge in [-0.15, -0.1) is 0 Å². The molecular formula is C20H25N3O. The van der Waals surface area contributed by atoms with Crippen molar-refractivity contribution in [1.29, 1.82) is 0 Å². The highest BCUT2D eigenvalue weighted by Gasteiger charge is 2.19. The Bertz CT molecular complexity index is 780. The van der Waals surface area contributed by atoms with Crippen LogP contribution in [0, 0.1) is 0 Å². The highest BCUT2D eigenvalue weighted by atomic mass is 16.3. The fourth-order valence-corrected chi connectivity index (χ4v) is 3.80. The van der Waals surface area contributed by atoms with Crippen LogP contribution < -0.4 is 0 Å². The molecule has 2 aromatic carbocycles. The van der Waals surface area contributed by atoms with Crippen molar-refractivity contribution in [1.82, 2.24) is 14.4 Å². The Morgan fingerprint density at radius 1 is 0.833 bits per heavy atom. The van der Waals surface area contributed by atoms with E-state index < -0.39 is 0 Å². The van der Waals surface area contributed by atoms with Gasteiger partial charge in [-0.1, -0.05) is 36.4 Å². The number of hydrogen-bond donors (Lipinski definition) is 1. The summed E-state index contributed by atoms with van der Waals surface area (Å²) in [6.07, 6.45) is -0.354. The summed E-state index contributed by atoms with van der Waals surface area (Å²) in [7, 11) is 2.16. The van der Waals surface area contributed by atoms with Crippen LogP contribution in [0.3, 0.4) is 0 Å². The average molecular weight is 323 g/mol. The first-order chi connectivity index (χ1) is 11.7.